The first-order valence-corrected chi connectivity index (χ1v) is 10.1. The fraction of sp³-hybridized carbons (Fsp3) is 0.300. The molecule has 0 radical (unpaired) electrons. The van der Waals surface area contributed by atoms with Crippen LogP contribution in [0.2, 0.25) is 0 Å². The molecule has 0 saturated carbocycles. The zero-order valence-corrected chi connectivity index (χ0v) is 16.4. The van der Waals surface area contributed by atoms with Crippen molar-refractivity contribution in [2.75, 3.05) is 11.9 Å². The summed E-state index contributed by atoms with van der Waals surface area (Å²) in [6, 6.07) is 12.6. The van der Waals surface area contributed by atoms with Crippen molar-refractivity contribution in [3.63, 3.8) is 0 Å². The van der Waals surface area contributed by atoms with Gasteiger partial charge in [0, 0.05) is 19.2 Å². The highest BCUT2D eigenvalue weighted by molar-refractivity contribution is 7.89. The summed E-state index contributed by atoms with van der Waals surface area (Å²) in [5.41, 5.74) is 2.62. The third-order valence-corrected chi connectivity index (χ3v) is 6.62. The minimum Gasteiger partial charge on any atom is -0.314 e. The lowest BCUT2D eigenvalue weighted by Crippen LogP contribution is -2.48. The number of hydrogen-bond donors (Lipinski definition) is 0. The van der Waals surface area contributed by atoms with E-state index in [-0.39, 0.29) is 17.7 Å². The number of carbonyl (C=O) groups excluding carboxylic acids is 2. The largest absolute Gasteiger partial charge is 0.314 e. The molecule has 0 N–H and O–H groups in total. The molecule has 2 aromatic rings. The van der Waals surface area contributed by atoms with E-state index >= 15 is 0 Å². The third-order valence-electron chi connectivity index (χ3n) is 4.78. The molecule has 1 atom stereocenters. The van der Waals surface area contributed by atoms with Crippen LogP contribution in [0.15, 0.2) is 53.4 Å². The van der Waals surface area contributed by atoms with Crippen LogP contribution in [0.1, 0.15) is 24.0 Å². The third kappa shape index (κ3) is 3.60. The predicted molar refractivity (Wildman–Crippen MR) is 103 cm³/mol. The van der Waals surface area contributed by atoms with Crippen LogP contribution in [0.5, 0.6) is 0 Å². The summed E-state index contributed by atoms with van der Waals surface area (Å²) in [4.78, 5) is 26.8. The van der Waals surface area contributed by atoms with E-state index in [1.165, 1.54) is 17.0 Å². The Morgan fingerprint density at radius 2 is 1.52 bits per heavy atom. The number of amides is 2. The van der Waals surface area contributed by atoms with Crippen molar-refractivity contribution in [3.8, 4) is 0 Å². The quantitative estimate of drug-likeness (QED) is 0.810. The van der Waals surface area contributed by atoms with Crippen molar-refractivity contribution >= 4 is 27.5 Å². The fourth-order valence-electron chi connectivity index (χ4n) is 3.13. The maximum absolute atomic E-state index is 13.0. The summed E-state index contributed by atoms with van der Waals surface area (Å²) < 4.78 is 26.8. The van der Waals surface area contributed by atoms with Crippen molar-refractivity contribution < 1.29 is 18.0 Å². The van der Waals surface area contributed by atoms with Gasteiger partial charge in [0.25, 0.3) is 15.9 Å². The molecular formula is C20H22N2O4S. The Bertz CT molecular complexity index is 966. The van der Waals surface area contributed by atoms with Gasteiger partial charge in [-0.05, 0) is 44.5 Å². The van der Waals surface area contributed by atoms with Gasteiger partial charge < -0.3 is 4.90 Å². The number of nitrogens with zero attached hydrogens (tertiary/aromatic N) is 2. The molecule has 1 aliphatic heterocycles. The van der Waals surface area contributed by atoms with E-state index in [1.54, 1.807) is 31.3 Å². The maximum Gasteiger partial charge on any atom is 0.267 e. The molecule has 6 nitrogen and oxygen atoms in total. The minimum atomic E-state index is -4.08. The van der Waals surface area contributed by atoms with Crippen LogP contribution in [0.4, 0.5) is 5.69 Å². The first-order chi connectivity index (χ1) is 12.7. The lowest BCUT2D eigenvalue weighted by Gasteiger charge is -2.27. The molecule has 1 unspecified atom stereocenters. The van der Waals surface area contributed by atoms with Gasteiger partial charge in [-0.1, -0.05) is 35.4 Å². The Kier molecular flexibility index (Phi) is 5.06. The van der Waals surface area contributed by atoms with E-state index in [2.05, 4.69) is 0 Å². The zero-order valence-electron chi connectivity index (χ0n) is 15.5. The second-order valence-electron chi connectivity index (χ2n) is 6.79. The molecule has 1 heterocycles. The van der Waals surface area contributed by atoms with Gasteiger partial charge in [-0.3, -0.25) is 9.59 Å². The molecule has 1 saturated heterocycles. The molecule has 3 rings (SSSR count). The lowest BCUT2D eigenvalue weighted by atomic mass is 10.1. The number of benzene rings is 2. The smallest absolute Gasteiger partial charge is 0.267 e. The lowest BCUT2D eigenvalue weighted by molar-refractivity contribution is -0.129. The molecule has 2 amide bonds. The average molecular weight is 386 g/mol. The van der Waals surface area contributed by atoms with Crippen molar-refractivity contribution in [1.29, 1.82) is 0 Å². The van der Waals surface area contributed by atoms with Crippen molar-refractivity contribution in [3.05, 3.63) is 59.7 Å². The standard InChI is InChI=1S/C20H22N2O4S/c1-14-4-8-16(9-5-14)21(3)20(24)18-12-13-19(23)22(18)27(25,26)17-10-6-15(2)7-11-17/h4-11,18H,12-13H2,1-3H3. The van der Waals surface area contributed by atoms with Gasteiger partial charge >= 0.3 is 0 Å². The average Bonchev–Trinajstić information content (AvgIpc) is 3.04. The van der Waals surface area contributed by atoms with E-state index < -0.39 is 27.9 Å². The predicted octanol–water partition coefficient (Wildman–Crippen LogP) is 2.65. The Labute approximate surface area is 159 Å². The second kappa shape index (κ2) is 7.15. The summed E-state index contributed by atoms with van der Waals surface area (Å²) in [7, 11) is -2.50. The minimum absolute atomic E-state index is 0.0131. The van der Waals surface area contributed by atoms with Crippen LogP contribution >= 0.6 is 0 Å². The SMILES string of the molecule is Cc1ccc(N(C)C(=O)C2CCC(=O)N2S(=O)(=O)c2ccc(C)cc2)cc1. The highest BCUT2D eigenvalue weighted by Gasteiger charge is 2.45. The molecule has 0 bridgehead atoms. The van der Waals surface area contributed by atoms with Crippen LogP contribution in [0.3, 0.4) is 0 Å². The summed E-state index contributed by atoms with van der Waals surface area (Å²) in [5, 5.41) is 0. The van der Waals surface area contributed by atoms with Crippen molar-refractivity contribution in [2.24, 2.45) is 0 Å². The number of likely N-dealkylation sites (N-methyl/N-ethyl adjacent to an activating group) is 1. The summed E-state index contributed by atoms with van der Waals surface area (Å²) in [6.07, 6.45) is 0.211. The molecule has 27 heavy (non-hydrogen) atoms. The van der Waals surface area contributed by atoms with E-state index in [0.29, 0.717) is 5.69 Å². The van der Waals surface area contributed by atoms with E-state index in [0.717, 1.165) is 15.4 Å². The van der Waals surface area contributed by atoms with Crippen molar-refractivity contribution in [1.82, 2.24) is 4.31 Å². The van der Waals surface area contributed by atoms with Gasteiger partial charge in [0.15, 0.2) is 0 Å². The first-order valence-electron chi connectivity index (χ1n) is 8.70. The summed E-state index contributed by atoms with van der Waals surface area (Å²) >= 11 is 0. The topological polar surface area (TPSA) is 74.8 Å². The molecule has 1 fully saturated rings. The number of sulfonamides is 1. The normalized spacial score (nSPS) is 17.2. The van der Waals surface area contributed by atoms with Gasteiger partial charge in [-0.15, -0.1) is 0 Å². The number of hydrogen-bond acceptors (Lipinski definition) is 4. The van der Waals surface area contributed by atoms with E-state index in [1.807, 2.05) is 26.0 Å². The van der Waals surface area contributed by atoms with E-state index in [9.17, 15) is 18.0 Å². The van der Waals surface area contributed by atoms with E-state index in [4.69, 9.17) is 0 Å². The highest BCUT2D eigenvalue weighted by atomic mass is 32.2. The van der Waals surface area contributed by atoms with Gasteiger partial charge in [0.2, 0.25) is 5.91 Å². The number of carbonyl (C=O) groups is 2. The Morgan fingerprint density at radius 3 is 2.07 bits per heavy atom. The molecule has 0 aliphatic carbocycles. The van der Waals surface area contributed by atoms with Gasteiger partial charge in [0.1, 0.15) is 6.04 Å². The molecule has 142 valence electrons. The summed E-state index contributed by atoms with van der Waals surface area (Å²) in [6.45, 7) is 3.79. The van der Waals surface area contributed by atoms with Crippen molar-refractivity contribution in [2.45, 2.75) is 37.6 Å². The molecule has 2 aromatic carbocycles. The van der Waals surface area contributed by atoms with Crippen LogP contribution in [-0.2, 0) is 19.6 Å². The molecule has 7 heteroatoms. The van der Waals surface area contributed by atoms with Crippen LogP contribution < -0.4 is 4.90 Å². The van der Waals surface area contributed by atoms with Crippen LogP contribution in [-0.4, -0.2) is 37.6 Å². The zero-order chi connectivity index (χ0) is 19.8. The maximum atomic E-state index is 13.0. The van der Waals surface area contributed by atoms with Crippen LogP contribution in [0, 0.1) is 13.8 Å². The summed E-state index contributed by atoms with van der Waals surface area (Å²) in [5.74, 6) is -0.966. The molecular weight excluding hydrogens is 364 g/mol. The van der Waals surface area contributed by atoms with Gasteiger partial charge in [-0.25, -0.2) is 12.7 Å². The van der Waals surface area contributed by atoms with Gasteiger partial charge in [-0.2, -0.15) is 0 Å². The fourth-order valence-corrected chi connectivity index (χ4v) is 4.73. The first kappa shape index (κ1) is 19.1. The molecule has 0 spiro atoms. The number of aryl methyl sites for hydroxylation is 2. The highest BCUT2D eigenvalue weighted by Crippen LogP contribution is 2.29. The Hall–Kier alpha value is -2.67. The Morgan fingerprint density at radius 1 is 1.00 bits per heavy atom. The number of rotatable bonds is 4. The van der Waals surface area contributed by atoms with Crippen LogP contribution in [0.25, 0.3) is 0 Å². The number of anilines is 1. The monoisotopic (exact) mass is 386 g/mol. The molecule has 1 aliphatic rings. The second-order valence-corrected chi connectivity index (χ2v) is 8.61. The molecule has 0 aromatic heterocycles. The Balaban J connectivity index is 1.92. The van der Waals surface area contributed by atoms with Gasteiger partial charge in [0.05, 0.1) is 4.90 Å².